The molecule has 23 heavy (non-hydrogen) atoms. The van der Waals surface area contributed by atoms with Gasteiger partial charge in [-0.15, -0.1) is 0 Å². The summed E-state index contributed by atoms with van der Waals surface area (Å²) in [6.07, 6.45) is 4.36. The van der Waals surface area contributed by atoms with Gasteiger partial charge in [-0.05, 0) is 38.0 Å². The largest absolute Gasteiger partial charge is 0.351 e. The number of carbonyl (C=O) groups is 1. The van der Waals surface area contributed by atoms with E-state index in [1.165, 1.54) is 5.56 Å². The number of benzene rings is 1. The zero-order valence-corrected chi connectivity index (χ0v) is 13.5. The monoisotopic (exact) mass is 311 g/mol. The van der Waals surface area contributed by atoms with Crippen LogP contribution in [0.2, 0.25) is 0 Å². The highest BCUT2D eigenvalue weighted by Gasteiger charge is 2.10. The topological polar surface area (TPSA) is 64.7 Å². The molecule has 0 saturated heterocycles. The Morgan fingerprint density at radius 1 is 1.22 bits per heavy atom. The number of nitrogens with one attached hydrogen (secondary N) is 1. The molecule has 2 aromatic heterocycles. The quantitative estimate of drug-likeness (QED) is 0.711. The highest BCUT2D eigenvalue weighted by Crippen LogP contribution is 2.15. The zero-order valence-electron chi connectivity index (χ0n) is 13.5. The summed E-state index contributed by atoms with van der Waals surface area (Å²) in [7, 11) is 0. The van der Waals surface area contributed by atoms with Gasteiger partial charge in [0.2, 0.25) is 0 Å². The smallest absolute Gasteiger partial charge is 0.269 e. The van der Waals surface area contributed by atoms with Crippen LogP contribution in [0.4, 0.5) is 0 Å². The zero-order chi connectivity index (χ0) is 16.2. The van der Waals surface area contributed by atoms with Gasteiger partial charge >= 0.3 is 0 Å². The fraction of sp³-hybridized carbons (Fsp3) is 0.353. The fourth-order valence-corrected chi connectivity index (χ4v) is 2.66. The summed E-state index contributed by atoms with van der Waals surface area (Å²) >= 11 is 0. The predicted molar refractivity (Wildman–Crippen MR) is 89.3 cm³/mol. The van der Waals surface area contributed by atoms with Gasteiger partial charge < -0.3 is 5.32 Å². The van der Waals surface area contributed by atoms with Gasteiger partial charge in [0.05, 0.1) is 11.7 Å². The highest BCUT2D eigenvalue weighted by atomic mass is 16.2. The fourth-order valence-electron chi connectivity index (χ4n) is 2.66. The lowest BCUT2D eigenvalue weighted by atomic mass is 10.2. The minimum Gasteiger partial charge on any atom is -0.351 e. The van der Waals surface area contributed by atoms with Crippen molar-refractivity contribution < 1.29 is 4.79 Å². The predicted octanol–water partition coefficient (Wildman–Crippen LogP) is 2.38. The summed E-state index contributed by atoms with van der Waals surface area (Å²) in [4.78, 5) is 12.1. The molecule has 1 amide bonds. The maximum absolute atomic E-state index is 12.1. The average molecular weight is 311 g/mol. The van der Waals surface area contributed by atoms with E-state index in [9.17, 15) is 4.79 Å². The Balaban J connectivity index is 1.55. The number of hydrogen-bond acceptors (Lipinski definition) is 3. The Morgan fingerprint density at radius 2 is 2.09 bits per heavy atom. The first-order chi connectivity index (χ1) is 11.2. The van der Waals surface area contributed by atoms with E-state index in [4.69, 9.17) is 0 Å². The van der Waals surface area contributed by atoms with Gasteiger partial charge in [0, 0.05) is 31.2 Å². The minimum absolute atomic E-state index is 0.0782. The molecular weight excluding hydrogens is 290 g/mol. The second-order valence-electron chi connectivity index (χ2n) is 5.57. The van der Waals surface area contributed by atoms with Gasteiger partial charge in [0.15, 0.2) is 0 Å². The van der Waals surface area contributed by atoms with Crippen molar-refractivity contribution in [3.8, 4) is 0 Å². The Morgan fingerprint density at radius 3 is 2.91 bits per heavy atom. The van der Waals surface area contributed by atoms with Crippen LogP contribution in [-0.2, 0) is 13.1 Å². The van der Waals surface area contributed by atoms with Gasteiger partial charge in [-0.25, -0.2) is 0 Å². The van der Waals surface area contributed by atoms with Crippen molar-refractivity contribution in [3.63, 3.8) is 0 Å². The first-order valence-electron chi connectivity index (χ1n) is 7.91. The normalized spacial score (nSPS) is 11.0. The van der Waals surface area contributed by atoms with Crippen LogP contribution in [0, 0.1) is 6.92 Å². The molecule has 0 aliphatic carbocycles. The van der Waals surface area contributed by atoms with Gasteiger partial charge in [-0.1, -0.05) is 12.1 Å². The van der Waals surface area contributed by atoms with Crippen LogP contribution in [0.1, 0.15) is 29.4 Å². The van der Waals surface area contributed by atoms with Crippen molar-refractivity contribution in [1.29, 1.82) is 0 Å². The Labute approximate surface area is 135 Å². The van der Waals surface area contributed by atoms with E-state index in [1.807, 2.05) is 17.8 Å². The Bertz CT molecular complexity index is 817. The summed E-state index contributed by atoms with van der Waals surface area (Å²) in [6.45, 7) is 6.12. The van der Waals surface area contributed by atoms with Crippen LogP contribution >= 0.6 is 0 Å². The van der Waals surface area contributed by atoms with Crippen LogP contribution < -0.4 is 5.32 Å². The van der Waals surface area contributed by atoms with Crippen molar-refractivity contribution in [1.82, 2.24) is 24.9 Å². The standard InChI is InChI=1S/C17H21N5O/c1-3-21-15(7-9-19-21)17(23)18-8-4-10-22-16-11-13(2)5-6-14(16)12-20-22/h5-7,9,11-12H,3-4,8,10H2,1-2H3,(H,18,23). The van der Waals surface area contributed by atoms with E-state index in [0.29, 0.717) is 18.8 Å². The third-order valence-corrected chi connectivity index (χ3v) is 3.88. The average Bonchev–Trinajstić information content (AvgIpc) is 3.18. The number of carbonyl (C=O) groups excluding carboxylic acids is 1. The number of fused-ring (bicyclic) bond motifs is 1. The van der Waals surface area contributed by atoms with E-state index in [1.54, 1.807) is 16.9 Å². The molecule has 3 aromatic rings. The highest BCUT2D eigenvalue weighted by molar-refractivity contribution is 5.92. The van der Waals surface area contributed by atoms with Crippen LogP contribution in [0.3, 0.4) is 0 Å². The number of hydrogen-bond donors (Lipinski definition) is 1. The molecule has 6 nitrogen and oxygen atoms in total. The molecule has 0 spiro atoms. The number of nitrogens with zero attached hydrogens (tertiary/aromatic N) is 4. The molecule has 3 rings (SSSR count). The van der Waals surface area contributed by atoms with Crippen LogP contribution in [-0.4, -0.2) is 32.0 Å². The number of amides is 1. The molecule has 0 unspecified atom stereocenters. The molecule has 1 N–H and O–H groups in total. The van der Waals surface area contributed by atoms with Crippen molar-refractivity contribution in [2.75, 3.05) is 6.54 Å². The van der Waals surface area contributed by atoms with E-state index >= 15 is 0 Å². The SMILES string of the molecule is CCn1nccc1C(=O)NCCCn1ncc2ccc(C)cc21. The summed E-state index contributed by atoms with van der Waals surface area (Å²) in [6, 6.07) is 8.05. The summed E-state index contributed by atoms with van der Waals surface area (Å²) in [5.41, 5.74) is 2.97. The Kier molecular flexibility index (Phi) is 4.41. The molecule has 0 radical (unpaired) electrons. The lowest BCUT2D eigenvalue weighted by Crippen LogP contribution is -2.27. The molecule has 1 aromatic carbocycles. The summed E-state index contributed by atoms with van der Waals surface area (Å²) in [5, 5.41) is 12.6. The maximum Gasteiger partial charge on any atom is 0.269 e. The van der Waals surface area contributed by atoms with Crippen molar-refractivity contribution in [3.05, 3.63) is 47.9 Å². The molecule has 120 valence electrons. The number of aromatic nitrogens is 4. The van der Waals surface area contributed by atoms with Gasteiger partial charge in [0.25, 0.3) is 5.91 Å². The first-order valence-corrected chi connectivity index (χ1v) is 7.91. The van der Waals surface area contributed by atoms with Gasteiger partial charge in [-0.2, -0.15) is 10.2 Å². The third-order valence-electron chi connectivity index (χ3n) is 3.88. The van der Waals surface area contributed by atoms with E-state index in [0.717, 1.165) is 23.9 Å². The Hall–Kier alpha value is -2.63. The molecular formula is C17H21N5O. The van der Waals surface area contributed by atoms with E-state index in [2.05, 4.69) is 40.6 Å². The summed E-state index contributed by atoms with van der Waals surface area (Å²) in [5.74, 6) is -0.0782. The molecule has 0 aliphatic heterocycles. The molecule has 0 bridgehead atoms. The lowest BCUT2D eigenvalue weighted by Gasteiger charge is -2.07. The molecule has 6 heteroatoms. The van der Waals surface area contributed by atoms with Crippen LogP contribution in [0.15, 0.2) is 36.7 Å². The van der Waals surface area contributed by atoms with Crippen LogP contribution in [0.25, 0.3) is 10.9 Å². The second kappa shape index (κ2) is 6.64. The van der Waals surface area contributed by atoms with Crippen molar-refractivity contribution in [2.45, 2.75) is 33.4 Å². The molecule has 0 atom stereocenters. The number of aryl methyl sites for hydroxylation is 3. The number of rotatable bonds is 6. The third kappa shape index (κ3) is 3.26. The lowest BCUT2D eigenvalue weighted by molar-refractivity contribution is 0.0942. The van der Waals surface area contributed by atoms with Gasteiger partial charge in [0.1, 0.15) is 5.69 Å². The van der Waals surface area contributed by atoms with E-state index < -0.39 is 0 Å². The van der Waals surface area contributed by atoms with Crippen LogP contribution in [0.5, 0.6) is 0 Å². The molecule has 0 saturated carbocycles. The van der Waals surface area contributed by atoms with Crippen molar-refractivity contribution >= 4 is 16.8 Å². The van der Waals surface area contributed by atoms with Gasteiger partial charge in [-0.3, -0.25) is 14.2 Å². The van der Waals surface area contributed by atoms with Crippen molar-refractivity contribution in [2.24, 2.45) is 0 Å². The minimum atomic E-state index is -0.0782. The molecule has 2 heterocycles. The molecule has 0 fully saturated rings. The van der Waals surface area contributed by atoms with E-state index in [-0.39, 0.29) is 5.91 Å². The maximum atomic E-state index is 12.1. The second-order valence-corrected chi connectivity index (χ2v) is 5.57. The molecule has 0 aliphatic rings. The summed E-state index contributed by atoms with van der Waals surface area (Å²) < 4.78 is 3.68. The first kappa shape index (κ1) is 15.3.